The maximum Gasteiger partial charge on any atom is 0.245 e. The number of ether oxygens (including phenoxy) is 2. The molecule has 0 atom stereocenters. The van der Waals surface area contributed by atoms with Gasteiger partial charge in [-0.15, -0.1) is 0 Å². The predicted molar refractivity (Wildman–Crippen MR) is 105 cm³/mol. The van der Waals surface area contributed by atoms with Gasteiger partial charge in [0, 0.05) is 26.7 Å². The van der Waals surface area contributed by atoms with Crippen LogP contribution in [-0.2, 0) is 29.0 Å². The normalized spacial score (nSPS) is 16.2. The summed E-state index contributed by atoms with van der Waals surface area (Å²) in [5.74, 6) is -0.460. The van der Waals surface area contributed by atoms with Crippen LogP contribution in [0.3, 0.4) is 0 Å². The van der Waals surface area contributed by atoms with E-state index in [0.717, 1.165) is 0 Å². The Labute approximate surface area is 171 Å². The van der Waals surface area contributed by atoms with Gasteiger partial charge in [-0.25, -0.2) is 13.5 Å². The third-order valence-corrected chi connectivity index (χ3v) is 7.61. The number of benzene rings is 1. The van der Waals surface area contributed by atoms with E-state index in [-0.39, 0.29) is 36.9 Å². The fourth-order valence-corrected chi connectivity index (χ4v) is 5.03. The topological polar surface area (TPSA) is 125 Å². The average molecular weight is 429 g/mol. The summed E-state index contributed by atoms with van der Waals surface area (Å²) < 4.78 is 35.3. The number of hydroxylamine groups is 2. The smallest absolute Gasteiger partial charge is 0.245 e. The van der Waals surface area contributed by atoms with Crippen molar-refractivity contribution in [3.05, 3.63) is 24.3 Å². The summed E-state index contributed by atoms with van der Waals surface area (Å²) in [6.45, 7) is 0.733. The van der Waals surface area contributed by atoms with Gasteiger partial charge in [-0.3, -0.25) is 14.4 Å². The zero-order valence-electron chi connectivity index (χ0n) is 16.8. The molecule has 2 N–H and O–H groups in total. The number of unbranched alkanes of at least 4 members (excludes halogenated alkanes) is 1. The quantitative estimate of drug-likeness (QED) is 0.436. The molecule has 9 nitrogen and oxygen atoms in total. The summed E-state index contributed by atoms with van der Waals surface area (Å²) in [5.41, 5.74) is 5.47. The second kappa shape index (κ2) is 10.0. The number of hydrogen-bond acceptors (Lipinski definition) is 7. The Kier molecular flexibility index (Phi) is 8.00. The van der Waals surface area contributed by atoms with Gasteiger partial charge in [0.2, 0.25) is 11.8 Å². The van der Waals surface area contributed by atoms with Crippen molar-refractivity contribution in [2.75, 3.05) is 34.0 Å². The minimum absolute atomic E-state index is 0.0266. The van der Waals surface area contributed by atoms with Gasteiger partial charge in [0.05, 0.1) is 18.6 Å². The number of sulfone groups is 1. The van der Waals surface area contributed by atoms with Crippen LogP contribution in [0.1, 0.15) is 32.1 Å². The van der Waals surface area contributed by atoms with Gasteiger partial charge < -0.3 is 15.2 Å². The van der Waals surface area contributed by atoms with Gasteiger partial charge in [0.15, 0.2) is 14.6 Å². The van der Waals surface area contributed by atoms with E-state index in [1.54, 1.807) is 19.2 Å². The van der Waals surface area contributed by atoms with Crippen LogP contribution in [-0.4, -0.2) is 64.0 Å². The van der Waals surface area contributed by atoms with Crippen LogP contribution in [0.15, 0.2) is 29.2 Å². The van der Waals surface area contributed by atoms with E-state index >= 15 is 0 Å². The number of hydrogen-bond donors (Lipinski definition) is 1. The minimum atomic E-state index is -3.95. The first-order valence-corrected chi connectivity index (χ1v) is 10.9. The zero-order valence-corrected chi connectivity index (χ0v) is 17.6. The molecule has 0 aliphatic carbocycles. The molecule has 0 saturated carbocycles. The van der Waals surface area contributed by atoms with E-state index in [0.29, 0.717) is 31.6 Å². The SMILES string of the molecule is CON(C)C(=O)CCCCOc1ccc(S(=O)(=O)C2(C(N)=O)CCOCC2)cc1. The highest BCUT2D eigenvalue weighted by Crippen LogP contribution is 2.35. The Morgan fingerprint density at radius 2 is 1.79 bits per heavy atom. The van der Waals surface area contributed by atoms with Gasteiger partial charge >= 0.3 is 0 Å². The molecule has 1 aromatic rings. The van der Waals surface area contributed by atoms with Crippen LogP contribution >= 0.6 is 0 Å². The average Bonchev–Trinajstić information content (AvgIpc) is 2.73. The third-order valence-electron chi connectivity index (χ3n) is 5.08. The van der Waals surface area contributed by atoms with Gasteiger partial charge in [-0.1, -0.05) is 0 Å². The molecule has 0 unspecified atom stereocenters. The van der Waals surface area contributed by atoms with E-state index in [1.165, 1.54) is 24.3 Å². The summed E-state index contributed by atoms with van der Waals surface area (Å²) in [7, 11) is -0.972. The Bertz CT molecular complexity index is 802. The summed E-state index contributed by atoms with van der Waals surface area (Å²) in [4.78, 5) is 28.4. The molecule has 0 spiro atoms. The number of nitrogens with zero attached hydrogens (tertiary/aromatic N) is 1. The summed E-state index contributed by atoms with van der Waals surface area (Å²) in [6, 6.07) is 5.93. The van der Waals surface area contributed by atoms with E-state index < -0.39 is 20.5 Å². The highest BCUT2D eigenvalue weighted by atomic mass is 32.2. The van der Waals surface area contributed by atoms with Crippen LogP contribution in [0.5, 0.6) is 5.75 Å². The van der Waals surface area contributed by atoms with Crippen LogP contribution in [0.25, 0.3) is 0 Å². The standard InChI is InChI=1S/C19H28N2O7S/c1-21(26-2)17(22)5-3-4-12-28-15-6-8-16(9-7-15)29(24,25)19(18(20)23)10-13-27-14-11-19/h6-9H,3-5,10-14H2,1-2H3,(H2,20,23). The summed E-state index contributed by atoms with van der Waals surface area (Å²) >= 11 is 0. The molecule has 0 radical (unpaired) electrons. The van der Waals surface area contributed by atoms with E-state index in [4.69, 9.17) is 20.0 Å². The summed E-state index contributed by atoms with van der Waals surface area (Å²) in [5, 5.41) is 1.18. The van der Waals surface area contributed by atoms with Crippen LogP contribution in [0.2, 0.25) is 0 Å². The fourth-order valence-electron chi connectivity index (χ4n) is 3.12. The van der Waals surface area contributed by atoms with Crippen molar-refractivity contribution in [1.82, 2.24) is 5.06 Å². The van der Waals surface area contributed by atoms with Crippen molar-refractivity contribution in [3.8, 4) is 5.75 Å². The van der Waals surface area contributed by atoms with E-state index in [2.05, 4.69) is 0 Å². The molecule has 1 aliphatic rings. The molecule has 1 fully saturated rings. The van der Waals surface area contributed by atoms with Crippen molar-refractivity contribution in [3.63, 3.8) is 0 Å². The van der Waals surface area contributed by atoms with Crippen molar-refractivity contribution >= 4 is 21.7 Å². The lowest BCUT2D eigenvalue weighted by Gasteiger charge is -2.33. The van der Waals surface area contributed by atoms with E-state index in [1.807, 2.05) is 0 Å². The molecular weight excluding hydrogens is 400 g/mol. The van der Waals surface area contributed by atoms with Crippen molar-refractivity contribution in [2.24, 2.45) is 5.73 Å². The number of amides is 2. The Balaban J connectivity index is 1.94. The van der Waals surface area contributed by atoms with Crippen molar-refractivity contribution < 1.29 is 32.3 Å². The number of primary amides is 1. The Morgan fingerprint density at radius 3 is 2.34 bits per heavy atom. The first kappa shape index (κ1) is 23.1. The van der Waals surface area contributed by atoms with Crippen LogP contribution in [0, 0.1) is 0 Å². The van der Waals surface area contributed by atoms with Gasteiger partial charge in [-0.2, -0.15) is 0 Å². The molecular formula is C19H28N2O7S. The number of rotatable bonds is 10. The molecule has 2 amide bonds. The highest BCUT2D eigenvalue weighted by Gasteiger charge is 2.51. The molecule has 1 saturated heterocycles. The Hall–Kier alpha value is -2.17. The molecule has 29 heavy (non-hydrogen) atoms. The molecule has 0 aromatic heterocycles. The molecule has 10 heteroatoms. The molecule has 162 valence electrons. The van der Waals surface area contributed by atoms with Crippen molar-refractivity contribution in [1.29, 1.82) is 0 Å². The second-order valence-electron chi connectivity index (χ2n) is 6.83. The number of carbonyl (C=O) groups excluding carboxylic acids is 2. The lowest BCUT2D eigenvalue weighted by molar-refractivity contribution is -0.168. The second-order valence-corrected chi connectivity index (χ2v) is 9.08. The maximum atomic E-state index is 13.1. The van der Waals surface area contributed by atoms with Gasteiger partial charge in [0.1, 0.15) is 5.75 Å². The molecule has 1 aliphatic heterocycles. The van der Waals surface area contributed by atoms with Crippen molar-refractivity contribution in [2.45, 2.75) is 41.7 Å². The maximum absolute atomic E-state index is 13.1. The Morgan fingerprint density at radius 1 is 1.17 bits per heavy atom. The molecule has 1 aromatic carbocycles. The van der Waals surface area contributed by atoms with Crippen LogP contribution in [0.4, 0.5) is 0 Å². The fraction of sp³-hybridized carbons (Fsp3) is 0.579. The minimum Gasteiger partial charge on any atom is -0.494 e. The largest absolute Gasteiger partial charge is 0.494 e. The monoisotopic (exact) mass is 428 g/mol. The number of nitrogens with two attached hydrogens (primary N) is 1. The predicted octanol–water partition coefficient (Wildman–Crippen LogP) is 1.06. The lowest BCUT2D eigenvalue weighted by atomic mass is 9.98. The first-order chi connectivity index (χ1) is 13.7. The molecule has 1 heterocycles. The molecule has 0 bridgehead atoms. The molecule has 2 rings (SSSR count). The third kappa shape index (κ3) is 5.26. The lowest BCUT2D eigenvalue weighted by Crippen LogP contribution is -2.53. The van der Waals surface area contributed by atoms with Gasteiger partial charge in [0.25, 0.3) is 0 Å². The number of carbonyl (C=O) groups is 2. The first-order valence-electron chi connectivity index (χ1n) is 9.40. The highest BCUT2D eigenvalue weighted by molar-refractivity contribution is 7.93. The van der Waals surface area contributed by atoms with E-state index in [9.17, 15) is 18.0 Å². The van der Waals surface area contributed by atoms with Gasteiger partial charge in [-0.05, 0) is 49.9 Å². The summed E-state index contributed by atoms with van der Waals surface area (Å²) in [6.07, 6.45) is 1.74. The zero-order chi connectivity index (χ0) is 21.5. The van der Waals surface area contributed by atoms with Crippen LogP contribution < -0.4 is 10.5 Å².